The second-order valence-electron chi connectivity index (χ2n) is 5.02. The Bertz CT molecular complexity index is 568. The van der Waals surface area contributed by atoms with E-state index in [1.54, 1.807) is 0 Å². The van der Waals surface area contributed by atoms with Crippen molar-refractivity contribution in [3.05, 3.63) is 29.0 Å². The van der Waals surface area contributed by atoms with Gasteiger partial charge in [-0.1, -0.05) is 24.6 Å². The van der Waals surface area contributed by atoms with Crippen molar-refractivity contribution in [1.82, 2.24) is 9.55 Å². The highest BCUT2D eigenvalue weighted by molar-refractivity contribution is 6.35. The van der Waals surface area contributed by atoms with E-state index in [0.29, 0.717) is 18.5 Å². The lowest BCUT2D eigenvalue weighted by Crippen LogP contribution is -2.16. The maximum Gasteiger partial charge on any atom is 0.114 e. The van der Waals surface area contributed by atoms with E-state index in [0.717, 1.165) is 28.3 Å². The smallest absolute Gasteiger partial charge is 0.114 e. The molecule has 0 amide bonds. The molecule has 0 bridgehead atoms. The molecular weight excluding hydrogens is 246 g/mol. The van der Waals surface area contributed by atoms with Crippen LogP contribution in [0.2, 0.25) is 5.02 Å². The third-order valence-electron chi connectivity index (χ3n) is 3.74. The van der Waals surface area contributed by atoms with Gasteiger partial charge < -0.3 is 10.3 Å². The summed E-state index contributed by atoms with van der Waals surface area (Å²) in [5.74, 6) is 1.44. The Balaban J connectivity index is 2.24. The van der Waals surface area contributed by atoms with Gasteiger partial charge in [0.25, 0.3) is 0 Å². The highest BCUT2D eigenvalue weighted by Gasteiger charge is 2.30. The lowest BCUT2D eigenvalue weighted by molar-refractivity contribution is 0.580. The minimum Gasteiger partial charge on any atom is -0.330 e. The summed E-state index contributed by atoms with van der Waals surface area (Å²) in [5, 5.41) is 0.796. The molecule has 1 saturated carbocycles. The van der Waals surface area contributed by atoms with Crippen molar-refractivity contribution in [2.75, 3.05) is 6.54 Å². The summed E-state index contributed by atoms with van der Waals surface area (Å²) in [6.45, 7) is 2.81. The summed E-state index contributed by atoms with van der Waals surface area (Å²) in [6.07, 6.45) is 3.47. The molecule has 2 aromatic rings. The molecule has 0 saturated heterocycles. The fourth-order valence-electron chi connectivity index (χ4n) is 2.57. The largest absolute Gasteiger partial charge is 0.330 e. The van der Waals surface area contributed by atoms with Crippen LogP contribution in [0.25, 0.3) is 11.0 Å². The number of hydrogen-bond acceptors (Lipinski definition) is 2. The molecule has 3 rings (SSSR count). The molecule has 18 heavy (non-hydrogen) atoms. The summed E-state index contributed by atoms with van der Waals surface area (Å²) in [7, 11) is 0. The molecule has 3 nitrogen and oxygen atoms in total. The van der Waals surface area contributed by atoms with Crippen LogP contribution < -0.4 is 5.73 Å². The Kier molecular flexibility index (Phi) is 3.04. The van der Waals surface area contributed by atoms with E-state index in [9.17, 15) is 0 Å². The van der Waals surface area contributed by atoms with Crippen molar-refractivity contribution in [2.45, 2.75) is 38.1 Å². The normalized spacial score (nSPS) is 17.3. The van der Waals surface area contributed by atoms with Gasteiger partial charge in [0.15, 0.2) is 0 Å². The number of nitrogens with two attached hydrogens (primary N) is 1. The molecule has 1 fully saturated rings. The van der Waals surface area contributed by atoms with Gasteiger partial charge in [-0.05, 0) is 31.4 Å². The first-order valence-electron chi connectivity index (χ1n) is 6.62. The van der Waals surface area contributed by atoms with Gasteiger partial charge in [-0.2, -0.15) is 0 Å². The number of imidazole rings is 1. The monoisotopic (exact) mass is 263 g/mol. The summed E-state index contributed by atoms with van der Waals surface area (Å²) in [5.41, 5.74) is 7.96. The van der Waals surface area contributed by atoms with E-state index in [1.165, 1.54) is 12.8 Å². The fraction of sp³-hybridized carbons (Fsp3) is 0.500. The van der Waals surface area contributed by atoms with E-state index in [1.807, 2.05) is 18.2 Å². The summed E-state index contributed by atoms with van der Waals surface area (Å²) < 4.78 is 2.33. The minimum absolute atomic E-state index is 0.328. The number of halogens is 1. The molecule has 0 radical (unpaired) electrons. The quantitative estimate of drug-likeness (QED) is 0.918. The van der Waals surface area contributed by atoms with E-state index >= 15 is 0 Å². The Morgan fingerprint density at radius 3 is 2.89 bits per heavy atom. The minimum atomic E-state index is 0.328. The number of para-hydroxylation sites is 1. The van der Waals surface area contributed by atoms with Crippen molar-refractivity contribution in [3.8, 4) is 0 Å². The predicted octanol–water partition coefficient (Wildman–Crippen LogP) is 3.48. The second kappa shape index (κ2) is 4.56. The third-order valence-corrected chi connectivity index (χ3v) is 4.05. The van der Waals surface area contributed by atoms with Gasteiger partial charge in [-0.25, -0.2) is 4.98 Å². The lowest BCUT2D eigenvalue weighted by Gasteiger charge is -2.15. The number of rotatable bonds is 4. The van der Waals surface area contributed by atoms with Crippen LogP contribution >= 0.6 is 11.6 Å². The average Bonchev–Trinajstić information content (AvgIpc) is 3.13. The van der Waals surface area contributed by atoms with Crippen LogP contribution in [-0.4, -0.2) is 16.1 Å². The topological polar surface area (TPSA) is 43.8 Å². The van der Waals surface area contributed by atoms with Crippen LogP contribution in [0, 0.1) is 0 Å². The van der Waals surface area contributed by atoms with Gasteiger partial charge in [0, 0.05) is 18.5 Å². The maximum atomic E-state index is 6.35. The Morgan fingerprint density at radius 2 is 2.28 bits per heavy atom. The van der Waals surface area contributed by atoms with E-state index < -0.39 is 0 Å². The highest BCUT2D eigenvalue weighted by atomic mass is 35.5. The molecule has 1 heterocycles. The first-order valence-corrected chi connectivity index (χ1v) is 7.00. The first kappa shape index (κ1) is 12.0. The number of benzene rings is 1. The molecule has 1 atom stereocenters. The zero-order chi connectivity index (χ0) is 12.7. The predicted molar refractivity (Wildman–Crippen MR) is 75.1 cm³/mol. The van der Waals surface area contributed by atoms with Crippen molar-refractivity contribution in [3.63, 3.8) is 0 Å². The lowest BCUT2D eigenvalue weighted by atomic mass is 10.1. The van der Waals surface area contributed by atoms with Gasteiger partial charge in [0.2, 0.25) is 0 Å². The van der Waals surface area contributed by atoms with Crippen LogP contribution in [0.4, 0.5) is 0 Å². The van der Waals surface area contributed by atoms with Crippen molar-refractivity contribution < 1.29 is 0 Å². The number of fused-ring (bicyclic) bond motifs is 1. The Morgan fingerprint density at radius 1 is 1.50 bits per heavy atom. The van der Waals surface area contributed by atoms with Crippen LogP contribution in [0.1, 0.15) is 44.0 Å². The van der Waals surface area contributed by atoms with Gasteiger partial charge >= 0.3 is 0 Å². The first-order chi connectivity index (χ1) is 8.76. The third kappa shape index (κ3) is 1.82. The molecule has 0 aliphatic heterocycles. The number of aromatic nitrogens is 2. The molecule has 1 aliphatic rings. The standard InChI is InChI=1S/C14H18ClN3/c1-2-9(8-16)14-17-12-5-3-4-11(15)13(12)18(14)10-6-7-10/h3-5,9-10H,2,6-8,16H2,1H3. The van der Waals surface area contributed by atoms with Crippen molar-refractivity contribution in [1.29, 1.82) is 0 Å². The van der Waals surface area contributed by atoms with Crippen molar-refractivity contribution >= 4 is 22.6 Å². The molecule has 1 unspecified atom stereocenters. The molecule has 4 heteroatoms. The van der Waals surface area contributed by atoms with E-state index in [-0.39, 0.29) is 0 Å². The van der Waals surface area contributed by atoms with Gasteiger partial charge in [0.1, 0.15) is 5.82 Å². The Hall–Kier alpha value is -1.06. The molecular formula is C14H18ClN3. The van der Waals surface area contributed by atoms with Crippen LogP contribution in [-0.2, 0) is 0 Å². The molecule has 96 valence electrons. The summed E-state index contributed by atoms with van der Waals surface area (Å²) in [6, 6.07) is 6.51. The van der Waals surface area contributed by atoms with Gasteiger partial charge in [0.05, 0.1) is 16.1 Å². The second-order valence-corrected chi connectivity index (χ2v) is 5.43. The Labute approximate surface area is 112 Å². The summed E-state index contributed by atoms with van der Waals surface area (Å²) >= 11 is 6.35. The zero-order valence-corrected chi connectivity index (χ0v) is 11.3. The SMILES string of the molecule is CCC(CN)c1nc2cccc(Cl)c2n1C1CC1. The zero-order valence-electron chi connectivity index (χ0n) is 10.6. The van der Waals surface area contributed by atoms with Crippen LogP contribution in [0.15, 0.2) is 18.2 Å². The van der Waals surface area contributed by atoms with E-state index in [2.05, 4.69) is 11.5 Å². The fourth-order valence-corrected chi connectivity index (χ4v) is 2.83. The molecule has 0 spiro atoms. The number of hydrogen-bond donors (Lipinski definition) is 1. The van der Waals surface area contributed by atoms with Crippen molar-refractivity contribution in [2.24, 2.45) is 5.73 Å². The molecule has 1 aliphatic carbocycles. The summed E-state index contributed by atoms with van der Waals surface area (Å²) in [4.78, 5) is 4.78. The molecule has 1 aromatic heterocycles. The van der Waals surface area contributed by atoms with Crippen LogP contribution in [0.3, 0.4) is 0 Å². The highest BCUT2D eigenvalue weighted by Crippen LogP contribution is 2.42. The molecule has 2 N–H and O–H groups in total. The van der Waals surface area contributed by atoms with Crippen LogP contribution in [0.5, 0.6) is 0 Å². The average molecular weight is 264 g/mol. The number of nitrogens with zero attached hydrogens (tertiary/aromatic N) is 2. The maximum absolute atomic E-state index is 6.35. The van der Waals surface area contributed by atoms with E-state index in [4.69, 9.17) is 22.3 Å². The van der Waals surface area contributed by atoms with Gasteiger partial charge in [-0.15, -0.1) is 0 Å². The molecule has 1 aromatic carbocycles. The van der Waals surface area contributed by atoms with Gasteiger partial charge in [-0.3, -0.25) is 0 Å².